The number of hydrogen-bond acceptors (Lipinski definition) is 16. The molecule has 0 amide bonds. The number of anilines is 1. The van der Waals surface area contributed by atoms with Gasteiger partial charge in [-0.2, -0.15) is 0 Å². The van der Waals surface area contributed by atoms with Crippen LogP contribution in [0, 0.1) is 0 Å². The second kappa shape index (κ2) is 24.7. The lowest BCUT2D eigenvalue weighted by atomic mass is 9.92. The number of nitrogens with one attached hydrogen (secondary N) is 2. The second-order valence-electron chi connectivity index (χ2n) is 15.5. The van der Waals surface area contributed by atoms with Crippen molar-refractivity contribution in [2.45, 2.75) is 47.6 Å². The molecule has 4 aromatic carbocycles. The monoisotopic (exact) mass is 967 g/mol. The molecule has 0 spiro atoms. The average Bonchev–Trinajstić information content (AvgIpc) is 3.25. The van der Waals surface area contributed by atoms with Crippen LogP contribution in [0.1, 0.15) is 25.7 Å². The Hall–Kier alpha value is -4.95. The van der Waals surface area contributed by atoms with E-state index in [1.807, 2.05) is 25.1 Å². The van der Waals surface area contributed by atoms with Gasteiger partial charge in [-0.15, -0.1) is 0 Å². The summed E-state index contributed by atoms with van der Waals surface area (Å²) in [5.41, 5.74) is 0.700. The quantitative estimate of drug-likeness (QED) is 0.0204. The summed E-state index contributed by atoms with van der Waals surface area (Å²) in [4.78, 5) is 35.3. The number of aliphatic carboxylic acids is 3. The van der Waals surface area contributed by atoms with E-state index < -0.39 is 62.9 Å². The average molecular weight is 968 g/mol. The van der Waals surface area contributed by atoms with Gasteiger partial charge in [-0.1, -0.05) is 24.8 Å². The smallest absolute Gasteiger partial charge is 0.321 e. The highest BCUT2D eigenvalue weighted by atomic mass is 32.2. The number of aliphatic hydroxyl groups excluding tert-OH is 2. The molecule has 2 atom stereocenters. The van der Waals surface area contributed by atoms with Gasteiger partial charge in [-0.3, -0.25) is 14.4 Å². The lowest BCUT2D eigenvalue weighted by molar-refractivity contribution is -0.145. The van der Waals surface area contributed by atoms with Crippen molar-refractivity contribution in [1.82, 2.24) is 19.2 Å². The van der Waals surface area contributed by atoms with Crippen molar-refractivity contribution >= 4 is 76.0 Å². The SMILES string of the molecule is C=C(O)C(CC(=O)O)NCCCN(C)S(=O)(=O)c1cc(S(=O)(=O)N(C)CCCNC(CC(=O)O)C(=O)O)c2ccc3c(OCCOCCOCCOCCO)cc(N(C)C)c4ccc1c2c34. The minimum Gasteiger partial charge on any atom is -0.511 e. The zero-order chi connectivity index (χ0) is 48.8. The fourth-order valence-electron chi connectivity index (χ4n) is 7.25. The van der Waals surface area contributed by atoms with Crippen molar-refractivity contribution in [2.24, 2.45) is 0 Å². The molecule has 7 N–H and O–H groups in total. The predicted octanol–water partition coefficient (Wildman–Crippen LogP) is 2.11. The maximum Gasteiger partial charge on any atom is 0.321 e. The molecule has 23 heteroatoms. The number of carbonyl (C=O) groups is 3. The van der Waals surface area contributed by atoms with Crippen molar-refractivity contribution in [1.29, 1.82) is 0 Å². The molecule has 0 aliphatic heterocycles. The molecule has 21 nitrogen and oxygen atoms in total. The zero-order valence-electron chi connectivity index (χ0n) is 37.5. The van der Waals surface area contributed by atoms with E-state index in [1.54, 1.807) is 24.3 Å². The van der Waals surface area contributed by atoms with Crippen LogP contribution in [0.4, 0.5) is 5.69 Å². The Bertz CT molecular complexity index is 2420. The molecule has 66 heavy (non-hydrogen) atoms. The van der Waals surface area contributed by atoms with Gasteiger partial charge in [0.2, 0.25) is 20.0 Å². The first-order valence-electron chi connectivity index (χ1n) is 21.1. The van der Waals surface area contributed by atoms with Crippen LogP contribution in [0.15, 0.2) is 58.5 Å². The molecule has 366 valence electrons. The van der Waals surface area contributed by atoms with E-state index in [-0.39, 0.29) is 98.4 Å². The summed E-state index contributed by atoms with van der Waals surface area (Å²) < 4.78 is 83.4. The molecule has 2 unspecified atom stereocenters. The minimum atomic E-state index is -4.49. The predicted molar refractivity (Wildman–Crippen MR) is 246 cm³/mol. The van der Waals surface area contributed by atoms with Crippen molar-refractivity contribution < 1.29 is 75.7 Å². The lowest BCUT2D eigenvalue weighted by Crippen LogP contribution is -2.40. The molecule has 0 aliphatic rings. The van der Waals surface area contributed by atoms with Crippen molar-refractivity contribution in [3.05, 3.63) is 48.7 Å². The number of sulfonamides is 2. The largest absolute Gasteiger partial charge is 0.511 e. The highest BCUT2D eigenvalue weighted by Crippen LogP contribution is 2.46. The van der Waals surface area contributed by atoms with Gasteiger partial charge in [0.15, 0.2) is 0 Å². The summed E-state index contributed by atoms with van der Waals surface area (Å²) in [6.45, 7) is 5.00. The van der Waals surface area contributed by atoms with Crippen LogP contribution in [-0.4, -0.2) is 188 Å². The van der Waals surface area contributed by atoms with Crippen molar-refractivity contribution in [3.8, 4) is 5.75 Å². The third-order valence-electron chi connectivity index (χ3n) is 10.6. The molecule has 4 rings (SSSR count). The fraction of sp³-hybridized carbons (Fsp3) is 0.512. The van der Waals surface area contributed by atoms with Crippen molar-refractivity contribution in [3.63, 3.8) is 0 Å². The Morgan fingerprint density at radius 1 is 0.636 bits per heavy atom. The van der Waals surface area contributed by atoms with E-state index in [0.29, 0.717) is 52.8 Å². The number of carboxylic acids is 3. The lowest BCUT2D eigenvalue weighted by Gasteiger charge is -2.25. The molecular weight excluding hydrogens is 907 g/mol. The second-order valence-corrected chi connectivity index (χ2v) is 19.6. The highest BCUT2D eigenvalue weighted by Gasteiger charge is 2.32. The summed E-state index contributed by atoms with van der Waals surface area (Å²) in [7, 11) is -2.65. The van der Waals surface area contributed by atoms with Gasteiger partial charge in [0.05, 0.1) is 74.9 Å². The van der Waals surface area contributed by atoms with E-state index >= 15 is 0 Å². The number of nitrogens with zero attached hydrogens (tertiary/aromatic N) is 3. The van der Waals surface area contributed by atoms with Crippen LogP contribution in [-0.2, 0) is 48.6 Å². The molecule has 0 saturated heterocycles. The summed E-state index contributed by atoms with van der Waals surface area (Å²) >= 11 is 0. The molecule has 0 aromatic heterocycles. The van der Waals surface area contributed by atoms with Crippen LogP contribution >= 0.6 is 0 Å². The molecule has 0 radical (unpaired) electrons. The topological polar surface area (TPSA) is 291 Å². The van der Waals surface area contributed by atoms with Gasteiger partial charge >= 0.3 is 17.9 Å². The first-order chi connectivity index (χ1) is 31.2. The summed E-state index contributed by atoms with van der Waals surface area (Å²) in [5.74, 6) is -3.83. The number of aliphatic hydroxyl groups is 2. The van der Waals surface area contributed by atoms with Crippen LogP contribution in [0.5, 0.6) is 5.75 Å². The third-order valence-corrected chi connectivity index (χ3v) is 14.4. The van der Waals surface area contributed by atoms with Crippen LogP contribution in [0.25, 0.3) is 32.3 Å². The number of carboxylic acid groups (broad SMARTS) is 3. The molecule has 0 fully saturated rings. The summed E-state index contributed by atoms with van der Waals surface area (Å²) in [5, 5.41) is 54.5. The molecular formula is C43H61N5O16S2. The maximum atomic E-state index is 14.7. The fourth-order valence-corrected chi connectivity index (χ4v) is 10.2. The molecule has 0 heterocycles. The van der Waals surface area contributed by atoms with E-state index in [9.17, 15) is 46.5 Å². The Kier molecular flexibility index (Phi) is 20.1. The van der Waals surface area contributed by atoms with Crippen LogP contribution in [0.3, 0.4) is 0 Å². The first-order valence-corrected chi connectivity index (χ1v) is 24.0. The van der Waals surface area contributed by atoms with Gasteiger partial charge in [-0.05, 0) is 38.1 Å². The van der Waals surface area contributed by atoms with Crippen molar-refractivity contribution in [2.75, 3.05) is 112 Å². The summed E-state index contributed by atoms with van der Waals surface area (Å²) in [6, 6.07) is 7.35. The Labute approximate surface area is 383 Å². The van der Waals surface area contributed by atoms with Gasteiger partial charge in [-0.25, -0.2) is 25.4 Å². The molecule has 4 aromatic rings. The number of rotatable bonds is 33. The number of benzene rings is 4. The molecule has 0 bridgehead atoms. The van der Waals surface area contributed by atoms with E-state index in [4.69, 9.17) is 29.2 Å². The van der Waals surface area contributed by atoms with Crippen LogP contribution < -0.4 is 20.3 Å². The molecule has 0 aliphatic carbocycles. The third kappa shape index (κ3) is 13.8. The van der Waals surface area contributed by atoms with E-state index in [1.165, 1.54) is 14.1 Å². The minimum absolute atomic E-state index is 0.0399. The Morgan fingerprint density at radius 2 is 1.08 bits per heavy atom. The Balaban J connectivity index is 1.76. The normalized spacial score (nSPS) is 13.3. The van der Waals surface area contributed by atoms with Crippen LogP contribution in [0.2, 0.25) is 0 Å². The maximum absolute atomic E-state index is 14.7. The Morgan fingerprint density at radius 3 is 1.55 bits per heavy atom. The van der Waals surface area contributed by atoms with E-state index in [2.05, 4.69) is 17.2 Å². The zero-order valence-corrected chi connectivity index (χ0v) is 39.2. The van der Waals surface area contributed by atoms with Gasteiger partial charge in [0.1, 0.15) is 24.2 Å². The first kappa shape index (κ1) is 53.7. The number of ether oxygens (including phenoxy) is 4. The van der Waals surface area contributed by atoms with Gasteiger partial charge < -0.3 is 60.0 Å². The van der Waals surface area contributed by atoms with E-state index in [0.717, 1.165) is 14.7 Å². The standard InChI is InChI=1S/C43H61N5O16S2/c1-28(50)33(24-39(51)52)44-12-6-14-47(4)65(57,58)37-27-38(66(59,60)48(5)15-7-13-45-34(43(55)56)25-40(53)54)32-11-9-30-36(64-23-22-63-21-20-62-19-18-61-17-16-49)26-35(46(2)3)29-8-10-31(37)42(32)41(29)30/h8-11,26-27,33-34,44-45,49-50H,1,6-7,12-25H2,2-5H3,(H,51,52)(H,53,54)(H,55,56). The summed E-state index contributed by atoms with van der Waals surface area (Å²) in [6.07, 6.45) is -0.883. The van der Waals surface area contributed by atoms with Gasteiger partial charge in [0.25, 0.3) is 0 Å². The molecule has 0 saturated carbocycles. The van der Waals surface area contributed by atoms with Gasteiger partial charge in [0, 0.05) is 85.4 Å². The highest BCUT2D eigenvalue weighted by molar-refractivity contribution is 7.90. The number of hydrogen-bond donors (Lipinski definition) is 7.